The van der Waals surface area contributed by atoms with Crippen molar-refractivity contribution in [1.29, 1.82) is 0 Å². The zero-order valence-electron chi connectivity index (χ0n) is 10.8. The number of nitrogens with zero attached hydrogens (tertiary/aromatic N) is 1. The van der Waals surface area contributed by atoms with Gasteiger partial charge >= 0.3 is 18.2 Å². The summed E-state index contributed by atoms with van der Waals surface area (Å²) in [5.41, 5.74) is -0.841. The molecule has 8 heteroatoms. The molecule has 0 aromatic rings. The Morgan fingerprint density at radius 2 is 1.74 bits per heavy atom. The van der Waals surface area contributed by atoms with Gasteiger partial charge in [-0.15, -0.1) is 0 Å². The Balaban J connectivity index is 2.81. The second-order valence-corrected chi connectivity index (χ2v) is 5.48. The average Bonchev–Trinajstić information content (AvgIpc) is 2.57. The Morgan fingerprint density at radius 3 is 2.05 bits per heavy atom. The first-order valence-corrected chi connectivity index (χ1v) is 5.69. The van der Waals surface area contributed by atoms with Crippen LogP contribution in [0, 0.1) is 11.8 Å². The molecule has 0 aromatic carbocycles. The third-order valence-corrected chi connectivity index (χ3v) is 2.71. The van der Waals surface area contributed by atoms with Crippen molar-refractivity contribution in [3.63, 3.8) is 0 Å². The monoisotopic (exact) mass is 283 g/mol. The van der Waals surface area contributed by atoms with Gasteiger partial charge in [-0.2, -0.15) is 13.2 Å². The van der Waals surface area contributed by atoms with Crippen molar-refractivity contribution in [3.05, 3.63) is 0 Å². The molecule has 1 amide bonds. The van der Waals surface area contributed by atoms with E-state index in [0.29, 0.717) is 0 Å². The zero-order valence-corrected chi connectivity index (χ0v) is 10.8. The highest BCUT2D eigenvalue weighted by Crippen LogP contribution is 2.38. The summed E-state index contributed by atoms with van der Waals surface area (Å²) in [6.07, 6.45) is -5.58. The highest BCUT2D eigenvalue weighted by atomic mass is 19.4. The topological polar surface area (TPSA) is 66.8 Å². The molecular weight excluding hydrogens is 267 g/mol. The minimum atomic E-state index is -4.65. The first-order chi connectivity index (χ1) is 8.42. The minimum Gasteiger partial charge on any atom is -0.481 e. The Kier molecular flexibility index (Phi) is 4.02. The van der Waals surface area contributed by atoms with Crippen molar-refractivity contribution in [1.82, 2.24) is 4.90 Å². The standard InChI is InChI=1S/C11H16F3NO4/c1-10(2,3)19-9(18)15-4-6(8(16)17)7(5-15)11(12,13)14/h6-7H,4-5H2,1-3H3,(H,16,17)/t6-,7+/m0/s1. The molecule has 1 aliphatic rings. The van der Waals surface area contributed by atoms with E-state index < -0.39 is 48.8 Å². The number of likely N-dealkylation sites (tertiary alicyclic amines) is 1. The smallest absolute Gasteiger partial charge is 0.410 e. The molecule has 0 unspecified atom stereocenters. The van der Waals surface area contributed by atoms with E-state index in [2.05, 4.69) is 0 Å². The van der Waals surface area contributed by atoms with Crippen LogP contribution in [0.4, 0.5) is 18.0 Å². The summed E-state index contributed by atoms with van der Waals surface area (Å²) >= 11 is 0. The fraction of sp³-hybridized carbons (Fsp3) is 0.818. The van der Waals surface area contributed by atoms with Crippen molar-refractivity contribution in [2.24, 2.45) is 11.8 Å². The van der Waals surface area contributed by atoms with Crippen molar-refractivity contribution in [2.75, 3.05) is 13.1 Å². The van der Waals surface area contributed by atoms with Gasteiger partial charge in [0, 0.05) is 13.1 Å². The molecule has 0 spiro atoms. The van der Waals surface area contributed by atoms with Crippen molar-refractivity contribution in [3.8, 4) is 0 Å². The van der Waals surface area contributed by atoms with Crippen LogP contribution in [0.3, 0.4) is 0 Å². The highest BCUT2D eigenvalue weighted by molar-refractivity contribution is 5.74. The Hall–Kier alpha value is -1.47. The molecule has 1 fully saturated rings. The molecule has 0 bridgehead atoms. The molecule has 1 aliphatic heterocycles. The second kappa shape index (κ2) is 4.90. The predicted molar refractivity (Wildman–Crippen MR) is 58.5 cm³/mol. The lowest BCUT2D eigenvalue weighted by molar-refractivity contribution is -0.188. The molecule has 1 heterocycles. The van der Waals surface area contributed by atoms with E-state index in [-0.39, 0.29) is 0 Å². The lowest BCUT2D eigenvalue weighted by atomic mass is 9.96. The Labute approximate surface area is 108 Å². The van der Waals surface area contributed by atoms with Gasteiger partial charge in [-0.1, -0.05) is 0 Å². The second-order valence-electron chi connectivity index (χ2n) is 5.48. The van der Waals surface area contributed by atoms with E-state index in [1.807, 2.05) is 0 Å². The number of amides is 1. The van der Waals surface area contributed by atoms with Crippen molar-refractivity contribution in [2.45, 2.75) is 32.5 Å². The predicted octanol–water partition coefficient (Wildman–Crippen LogP) is 2.12. The summed E-state index contributed by atoms with van der Waals surface area (Å²) in [4.78, 5) is 23.3. The maximum atomic E-state index is 12.7. The lowest BCUT2D eigenvalue weighted by Gasteiger charge is -2.24. The van der Waals surface area contributed by atoms with Gasteiger partial charge in [0.1, 0.15) is 5.60 Å². The van der Waals surface area contributed by atoms with E-state index >= 15 is 0 Å². The number of ether oxygens (including phenoxy) is 1. The summed E-state index contributed by atoms with van der Waals surface area (Å²) in [5, 5.41) is 8.80. The third kappa shape index (κ3) is 4.00. The summed E-state index contributed by atoms with van der Waals surface area (Å²) < 4.78 is 43.0. The van der Waals surface area contributed by atoms with Crippen LogP contribution < -0.4 is 0 Å². The van der Waals surface area contributed by atoms with E-state index in [9.17, 15) is 22.8 Å². The number of alkyl halides is 3. The third-order valence-electron chi connectivity index (χ3n) is 2.71. The fourth-order valence-corrected chi connectivity index (χ4v) is 1.86. The van der Waals surface area contributed by atoms with Crippen molar-refractivity contribution >= 4 is 12.1 Å². The molecule has 0 saturated carbocycles. The van der Waals surface area contributed by atoms with Crippen molar-refractivity contribution < 1.29 is 32.6 Å². The Morgan fingerprint density at radius 1 is 1.21 bits per heavy atom. The van der Waals surface area contributed by atoms with Crippen LogP contribution in [0.5, 0.6) is 0 Å². The normalized spacial score (nSPS) is 24.4. The van der Waals surface area contributed by atoms with Gasteiger partial charge in [-0.05, 0) is 20.8 Å². The van der Waals surface area contributed by atoms with Gasteiger partial charge in [0.25, 0.3) is 0 Å². The summed E-state index contributed by atoms with van der Waals surface area (Å²) in [5.74, 6) is -5.27. The Bertz CT molecular complexity index is 375. The highest BCUT2D eigenvalue weighted by Gasteiger charge is 2.54. The maximum Gasteiger partial charge on any atom is 0.410 e. The number of carboxylic acid groups (broad SMARTS) is 1. The first-order valence-electron chi connectivity index (χ1n) is 5.69. The summed E-state index contributed by atoms with van der Waals surface area (Å²) in [6, 6.07) is 0. The fourth-order valence-electron chi connectivity index (χ4n) is 1.86. The average molecular weight is 283 g/mol. The van der Waals surface area contributed by atoms with Gasteiger partial charge in [0.05, 0.1) is 11.8 Å². The number of carboxylic acids is 1. The van der Waals surface area contributed by atoms with E-state index in [0.717, 1.165) is 4.90 Å². The molecular formula is C11H16F3NO4. The molecule has 1 N–H and O–H groups in total. The van der Waals surface area contributed by atoms with Crippen LogP contribution in [-0.4, -0.2) is 46.9 Å². The number of carbonyl (C=O) groups is 2. The number of hydrogen-bond donors (Lipinski definition) is 1. The van der Waals surface area contributed by atoms with Gasteiger partial charge in [0.2, 0.25) is 0 Å². The van der Waals surface area contributed by atoms with Crippen LogP contribution in [-0.2, 0) is 9.53 Å². The molecule has 0 aliphatic carbocycles. The van der Waals surface area contributed by atoms with E-state index in [1.165, 1.54) is 0 Å². The molecule has 1 rings (SSSR count). The summed E-state index contributed by atoms with van der Waals surface area (Å²) in [7, 11) is 0. The van der Waals surface area contributed by atoms with Crippen LogP contribution in [0.25, 0.3) is 0 Å². The van der Waals surface area contributed by atoms with Gasteiger partial charge < -0.3 is 14.7 Å². The first kappa shape index (κ1) is 15.6. The number of rotatable bonds is 1. The van der Waals surface area contributed by atoms with Gasteiger partial charge in [-0.25, -0.2) is 4.79 Å². The molecule has 1 saturated heterocycles. The molecule has 5 nitrogen and oxygen atoms in total. The lowest BCUT2D eigenvalue weighted by Crippen LogP contribution is -2.36. The number of carbonyl (C=O) groups excluding carboxylic acids is 1. The quantitative estimate of drug-likeness (QED) is 0.800. The van der Waals surface area contributed by atoms with Gasteiger partial charge in [0.15, 0.2) is 0 Å². The number of aliphatic carboxylic acids is 1. The molecule has 0 radical (unpaired) electrons. The van der Waals surface area contributed by atoms with Crippen LogP contribution >= 0.6 is 0 Å². The van der Waals surface area contributed by atoms with E-state index in [4.69, 9.17) is 9.84 Å². The number of halogens is 3. The van der Waals surface area contributed by atoms with Gasteiger partial charge in [-0.3, -0.25) is 4.79 Å². The molecule has 0 aromatic heterocycles. The van der Waals surface area contributed by atoms with Crippen LogP contribution in [0.1, 0.15) is 20.8 Å². The summed E-state index contributed by atoms with van der Waals surface area (Å²) in [6.45, 7) is 3.56. The van der Waals surface area contributed by atoms with E-state index in [1.54, 1.807) is 20.8 Å². The molecule has 110 valence electrons. The molecule has 2 atom stereocenters. The largest absolute Gasteiger partial charge is 0.481 e. The number of hydrogen-bond acceptors (Lipinski definition) is 3. The minimum absolute atomic E-state index is 0.492. The molecule has 19 heavy (non-hydrogen) atoms. The maximum absolute atomic E-state index is 12.7. The zero-order chi connectivity index (χ0) is 15.0. The SMILES string of the molecule is CC(C)(C)OC(=O)N1C[C@H](C(=O)O)[C@H](C(F)(F)F)C1. The van der Waals surface area contributed by atoms with Crippen LogP contribution in [0.15, 0.2) is 0 Å². The van der Waals surface area contributed by atoms with Crippen LogP contribution in [0.2, 0.25) is 0 Å².